The smallest absolute Gasteiger partial charge is 0.291 e. The molecule has 0 amide bonds. The zero-order chi connectivity index (χ0) is 14.7. The van der Waals surface area contributed by atoms with Crippen molar-refractivity contribution in [2.75, 3.05) is 10.6 Å². The van der Waals surface area contributed by atoms with Crippen molar-refractivity contribution in [1.82, 2.24) is 9.97 Å². The average molecular weight is 296 g/mol. The van der Waals surface area contributed by atoms with Gasteiger partial charge in [0.2, 0.25) is 0 Å². The van der Waals surface area contributed by atoms with E-state index < -0.39 is 0 Å². The van der Waals surface area contributed by atoms with Gasteiger partial charge in [0.15, 0.2) is 10.9 Å². The number of rotatable bonds is 2. The Bertz CT molecular complexity index is 845. The monoisotopic (exact) mass is 296 g/mol. The molecule has 21 heavy (non-hydrogen) atoms. The van der Waals surface area contributed by atoms with Crippen molar-refractivity contribution in [1.29, 1.82) is 0 Å². The number of thiocarbonyl (C=S) groups is 1. The van der Waals surface area contributed by atoms with Gasteiger partial charge in [-0.15, -0.1) is 0 Å². The third kappa shape index (κ3) is 3.06. The van der Waals surface area contributed by atoms with Gasteiger partial charge in [-0.2, -0.15) is 0 Å². The van der Waals surface area contributed by atoms with Gasteiger partial charge in [0.05, 0.1) is 11.0 Å². The van der Waals surface area contributed by atoms with Gasteiger partial charge in [0, 0.05) is 5.69 Å². The fourth-order valence-corrected chi connectivity index (χ4v) is 2.12. The fourth-order valence-electron chi connectivity index (χ4n) is 1.91. The number of nitrogens with zero attached hydrogens (tertiary/aromatic N) is 1. The number of hydrogen-bond donors (Lipinski definition) is 3. The van der Waals surface area contributed by atoms with Gasteiger partial charge < -0.3 is 15.6 Å². The molecule has 0 aliphatic heterocycles. The van der Waals surface area contributed by atoms with Gasteiger partial charge in [-0.1, -0.05) is 30.3 Å². The Labute approximate surface area is 126 Å². The molecule has 0 bridgehead atoms. The van der Waals surface area contributed by atoms with Crippen LogP contribution in [-0.2, 0) is 0 Å². The lowest BCUT2D eigenvalue weighted by Crippen LogP contribution is -2.25. The summed E-state index contributed by atoms with van der Waals surface area (Å²) < 4.78 is 0. The minimum absolute atomic E-state index is 0.169. The summed E-state index contributed by atoms with van der Waals surface area (Å²) in [6.07, 6.45) is 0. The molecular weight excluding hydrogens is 284 g/mol. The molecule has 3 rings (SSSR count). The molecule has 0 aliphatic carbocycles. The Hall–Kier alpha value is -2.73. The van der Waals surface area contributed by atoms with Crippen LogP contribution in [0.3, 0.4) is 0 Å². The lowest BCUT2D eigenvalue weighted by atomic mass is 10.3. The third-order valence-electron chi connectivity index (χ3n) is 2.86. The van der Waals surface area contributed by atoms with E-state index in [0.29, 0.717) is 16.1 Å². The molecule has 0 saturated heterocycles. The van der Waals surface area contributed by atoms with Crippen molar-refractivity contribution in [3.8, 4) is 0 Å². The van der Waals surface area contributed by atoms with Crippen molar-refractivity contribution >= 4 is 39.9 Å². The van der Waals surface area contributed by atoms with Crippen LogP contribution in [0.1, 0.15) is 0 Å². The summed E-state index contributed by atoms with van der Waals surface area (Å²) in [6.45, 7) is 0. The van der Waals surface area contributed by atoms with Crippen LogP contribution in [0.5, 0.6) is 0 Å². The van der Waals surface area contributed by atoms with Crippen LogP contribution in [0.4, 0.5) is 11.5 Å². The van der Waals surface area contributed by atoms with Gasteiger partial charge in [0.1, 0.15) is 0 Å². The highest BCUT2D eigenvalue weighted by Gasteiger charge is 2.06. The lowest BCUT2D eigenvalue weighted by molar-refractivity contribution is 1.22. The normalized spacial score (nSPS) is 10.3. The molecule has 0 aliphatic rings. The van der Waals surface area contributed by atoms with Crippen molar-refractivity contribution in [3.63, 3.8) is 0 Å². The second-order valence-electron chi connectivity index (χ2n) is 4.38. The summed E-state index contributed by atoms with van der Waals surface area (Å²) >= 11 is 5.19. The van der Waals surface area contributed by atoms with Gasteiger partial charge in [-0.25, -0.2) is 4.98 Å². The van der Waals surface area contributed by atoms with E-state index in [1.165, 1.54) is 0 Å². The highest BCUT2D eigenvalue weighted by Crippen LogP contribution is 2.09. The van der Waals surface area contributed by atoms with Gasteiger partial charge >= 0.3 is 0 Å². The van der Waals surface area contributed by atoms with Crippen LogP contribution in [0.15, 0.2) is 59.4 Å². The number of anilines is 2. The minimum atomic E-state index is -0.314. The Kier molecular flexibility index (Phi) is 3.61. The number of benzene rings is 2. The Morgan fingerprint density at radius 2 is 1.71 bits per heavy atom. The number of H-pyrrole nitrogens is 1. The molecule has 0 atom stereocenters. The first-order chi connectivity index (χ1) is 10.2. The molecule has 2 aromatic carbocycles. The molecule has 3 N–H and O–H groups in total. The maximum atomic E-state index is 12.0. The van der Waals surface area contributed by atoms with E-state index in [1.54, 1.807) is 6.07 Å². The fraction of sp³-hybridized carbons (Fsp3) is 0. The lowest BCUT2D eigenvalue weighted by Gasteiger charge is -2.09. The maximum absolute atomic E-state index is 12.0. The van der Waals surface area contributed by atoms with Crippen LogP contribution in [-0.4, -0.2) is 15.1 Å². The molecule has 0 unspecified atom stereocenters. The first-order valence-corrected chi connectivity index (χ1v) is 6.75. The maximum Gasteiger partial charge on any atom is 0.291 e. The number of aromatic nitrogens is 2. The molecule has 0 radical (unpaired) electrons. The summed E-state index contributed by atoms with van der Waals surface area (Å²) in [6, 6.07) is 16.8. The van der Waals surface area contributed by atoms with Crippen LogP contribution in [0.25, 0.3) is 11.0 Å². The molecule has 0 saturated carbocycles. The van der Waals surface area contributed by atoms with E-state index in [0.717, 1.165) is 5.69 Å². The summed E-state index contributed by atoms with van der Waals surface area (Å²) in [5.74, 6) is 0.169. The van der Waals surface area contributed by atoms with Crippen molar-refractivity contribution in [2.24, 2.45) is 0 Å². The molecule has 0 fully saturated rings. The number of nitrogens with one attached hydrogen (secondary N) is 3. The summed E-state index contributed by atoms with van der Waals surface area (Å²) in [7, 11) is 0. The quantitative estimate of drug-likeness (QED) is 0.634. The van der Waals surface area contributed by atoms with Gasteiger partial charge in [-0.3, -0.25) is 4.79 Å². The van der Waals surface area contributed by atoms with Crippen molar-refractivity contribution in [3.05, 3.63) is 65.0 Å². The highest BCUT2D eigenvalue weighted by atomic mass is 32.1. The molecule has 1 aromatic heterocycles. The molecule has 104 valence electrons. The van der Waals surface area contributed by atoms with E-state index in [4.69, 9.17) is 12.2 Å². The third-order valence-corrected chi connectivity index (χ3v) is 3.07. The molecular formula is C15H12N4OS. The predicted molar refractivity (Wildman–Crippen MR) is 88.6 cm³/mol. The van der Waals surface area contributed by atoms with Crippen molar-refractivity contribution < 1.29 is 0 Å². The van der Waals surface area contributed by atoms with Crippen LogP contribution < -0.4 is 16.2 Å². The number of aromatic amines is 1. The second kappa shape index (κ2) is 5.72. The minimum Gasteiger partial charge on any atom is -0.332 e. The van der Waals surface area contributed by atoms with E-state index >= 15 is 0 Å². The molecule has 6 heteroatoms. The highest BCUT2D eigenvalue weighted by molar-refractivity contribution is 7.80. The number of para-hydroxylation sites is 3. The van der Waals surface area contributed by atoms with Gasteiger partial charge in [0.25, 0.3) is 5.56 Å². The first kappa shape index (κ1) is 13.3. The van der Waals surface area contributed by atoms with E-state index in [1.807, 2.05) is 48.5 Å². The largest absolute Gasteiger partial charge is 0.332 e. The Morgan fingerprint density at radius 1 is 1.00 bits per heavy atom. The zero-order valence-corrected chi connectivity index (χ0v) is 11.8. The van der Waals surface area contributed by atoms with Gasteiger partial charge in [-0.05, 0) is 36.5 Å². The summed E-state index contributed by atoms with van der Waals surface area (Å²) in [5, 5.41) is 6.12. The standard InChI is InChI=1S/C15H12N4OS/c20-14-13(17-11-8-4-5-9-12(11)18-14)19-15(21)16-10-6-2-1-3-7-10/h1-9H,(H,18,20)(H2,16,17,19,21). The van der Waals surface area contributed by atoms with Crippen molar-refractivity contribution in [2.45, 2.75) is 0 Å². The van der Waals surface area contributed by atoms with E-state index in [-0.39, 0.29) is 11.4 Å². The SMILES string of the molecule is O=c1[nH]c2ccccc2nc1NC(=S)Nc1ccccc1. The number of fused-ring (bicyclic) bond motifs is 1. The summed E-state index contributed by atoms with van der Waals surface area (Å²) in [5.41, 5.74) is 1.91. The average Bonchev–Trinajstić information content (AvgIpc) is 2.49. The molecule has 0 spiro atoms. The second-order valence-corrected chi connectivity index (χ2v) is 4.79. The van der Waals surface area contributed by atoms with Crippen LogP contribution in [0, 0.1) is 0 Å². The van der Waals surface area contributed by atoms with E-state index in [2.05, 4.69) is 20.6 Å². The first-order valence-electron chi connectivity index (χ1n) is 6.34. The molecule has 5 nitrogen and oxygen atoms in total. The predicted octanol–water partition coefficient (Wildman–Crippen LogP) is 2.73. The van der Waals surface area contributed by atoms with Crippen LogP contribution >= 0.6 is 12.2 Å². The molecule has 1 heterocycles. The zero-order valence-electron chi connectivity index (χ0n) is 11.0. The van der Waals surface area contributed by atoms with E-state index in [9.17, 15) is 4.79 Å². The Morgan fingerprint density at radius 3 is 2.52 bits per heavy atom. The number of hydrogen-bond acceptors (Lipinski definition) is 3. The molecule has 3 aromatic rings. The van der Waals surface area contributed by atoms with Crippen LogP contribution in [0.2, 0.25) is 0 Å². The Balaban J connectivity index is 1.83. The topological polar surface area (TPSA) is 69.8 Å². The summed E-state index contributed by atoms with van der Waals surface area (Å²) in [4.78, 5) is 19.0.